The average Bonchev–Trinajstić information content (AvgIpc) is 2.47. The van der Waals surface area contributed by atoms with Crippen molar-refractivity contribution < 1.29 is 9.90 Å². The quantitative estimate of drug-likeness (QED) is 0.807. The van der Waals surface area contributed by atoms with Gasteiger partial charge in [-0.3, -0.25) is 4.90 Å². The van der Waals surface area contributed by atoms with Crippen molar-refractivity contribution in [2.45, 2.75) is 33.7 Å². The number of amides is 1. The van der Waals surface area contributed by atoms with Gasteiger partial charge in [-0.25, -0.2) is 0 Å². The van der Waals surface area contributed by atoms with Crippen LogP contribution in [0.2, 0.25) is 0 Å². The Kier molecular flexibility index (Phi) is 5.72. The monoisotopic (exact) mass is 279 g/mol. The first-order chi connectivity index (χ1) is 9.40. The van der Waals surface area contributed by atoms with Gasteiger partial charge in [-0.05, 0) is 38.6 Å². The van der Waals surface area contributed by atoms with Gasteiger partial charge in [0.1, 0.15) is 5.69 Å². The lowest BCUT2D eigenvalue weighted by atomic mass is 10.1. The molecule has 1 N–H and O–H groups in total. The second kappa shape index (κ2) is 6.86. The molecule has 0 heterocycles. The second-order valence-electron chi connectivity index (χ2n) is 5.28. The van der Waals surface area contributed by atoms with E-state index < -0.39 is 6.09 Å². The molecular formula is C16H27N2O2+. The average molecular weight is 279 g/mol. The standard InChI is InChI=1S/C16H26N2O2/c1-6-17(7-2)13(4)14-10-9-11-15(12-14)18(5,8-3)16(19)20/h9-13H,6-8H2,1-5H3/p+1. The molecule has 0 radical (unpaired) electrons. The fourth-order valence-corrected chi connectivity index (χ4v) is 2.50. The lowest BCUT2D eigenvalue weighted by Crippen LogP contribution is -2.49. The fraction of sp³-hybridized carbons (Fsp3) is 0.562. The molecule has 0 saturated carbocycles. The lowest BCUT2D eigenvalue weighted by Gasteiger charge is -2.29. The zero-order valence-corrected chi connectivity index (χ0v) is 13.3. The molecule has 2 atom stereocenters. The highest BCUT2D eigenvalue weighted by Gasteiger charge is 2.33. The molecule has 4 heteroatoms. The summed E-state index contributed by atoms with van der Waals surface area (Å²) in [4.78, 5) is 13.9. The van der Waals surface area contributed by atoms with Gasteiger partial charge >= 0.3 is 6.09 Å². The third-order valence-corrected chi connectivity index (χ3v) is 4.34. The molecule has 1 aromatic rings. The number of hydrogen-bond acceptors (Lipinski definition) is 2. The minimum absolute atomic E-state index is 0.0845. The molecule has 1 aromatic carbocycles. The number of benzene rings is 1. The zero-order chi connectivity index (χ0) is 15.3. The van der Waals surface area contributed by atoms with E-state index in [1.807, 2.05) is 25.1 Å². The summed E-state index contributed by atoms with van der Waals surface area (Å²) < 4.78 is -0.0845. The van der Waals surface area contributed by atoms with Gasteiger partial charge in [-0.2, -0.15) is 9.28 Å². The van der Waals surface area contributed by atoms with Crippen LogP contribution >= 0.6 is 0 Å². The summed E-state index contributed by atoms with van der Waals surface area (Å²) in [6.07, 6.45) is -0.819. The highest BCUT2D eigenvalue weighted by molar-refractivity contribution is 5.80. The van der Waals surface area contributed by atoms with Crippen molar-refractivity contribution in [3.63, 3.8) is 0 Å². The minimum Gasteiger partial charge on any atom is -0.435 e. The van der Waals surface area contributed by atoms with Crippen molar-refractivity contribution in [3.8, 4) is 0 Å². The van der Waals surface area contributed by atoms with Gasteiger partial charge in [-0.15, -0.1) is 0 Å². The Balaban J connectivity index is 3.16. The minimum atomic E-state index is -0.819. The van der Waals surface area contributed by atoms with Crippen LogP contribution in [0.5, 0.6) is 0 Å². The molecule has 0 bridgehead atoms. The van der Waals surface area contributed by atoms with Crippen molar-refractivity contribution in [3.05, 3.63) is 29.8 Å². The van der Waals surface area contributed by atoms with E-state index >= 15 is 0 Å². The Labute approximate surface area is 122 Å². The van der Waals surface area contributed by atoms with Crippen molar-refractivity contribution in [2.24, 2.45) is 0 Å². The van der Waals surface area contributed by atoms with Gasteiger partial charge in [-0.1, -0.05) is 26.0 Å². The highest BCUT2D eigenvalue weighted by Crippen LogP contribution is 2.27. The van der Waals surface area contributed by atoms with Crippen LogP contribution in [0.1, 0.15) is 39.3 Å². The SMILES string of the molecule is CCN(CC)C(C)c1cccc([N+](C)(CC)C(=O)O)c1. The Hall–Kier alpha value is -1.39. The summed E-state index contributed by atoms with van der Waals surface area (Å²) in [7, 11) is 1.74. The zero-order valence-electron chi connectivity index (χ0n) is 13.3. The number of carboxylic acid groups (broad SMARTS) is 1. The van der Waals surface area contributed by atoms with Crippen LogP contribution in [-0.4, -0.2) is 42.8 Å². The molecule has 1 rings (SSSR count). The Bertz CT molecular complexity index is 458. The van der Waals surface area contributed by atoms with Crippen molar-refractivity contribution in [1.29, 1.82) is 0 Å². The normalized spacial score (nSPS) is 15.9. The topological polar surface area (TPSA) is 40.5 Å². The summed E-state index contributed by atoms with van der Waals surface area (Å²) >= 11 is 0. The van der Waals surface area contributed by atoms with E-state index in [2.05, 4.69) is 31.7 Å². The van der Waals surface area contributed by atoms with E-state index in [0.717, 1.165) is 18.8 Å². The third-order valence-electron chi connectivity index (χ3n) is 4.34. The summed E-state index contributed by atoms with van der Waals surface area (Å²) in [5, 5.41) is 9.48. The molecule has 0 spiro atoms. The van der Waals surface area contributed by atoms with E-state index in [1.54, 1.807) is 7.05 Å². The summed E-state index contributed by atoms with van der Waals surface area (Å²) in [5.41, 5.74) is 2.00. The van der Waals surface area contributed by atoms with Crippen molar-refractivity contribution in [2.75, 3.05) is 26.7 Å². The summed E-state index contributed by atoms with van der Waals surface area (Å²) in [6.45, 7) is 10.9. The first kappa shape index (κ1) is 16.7. The molecule has 0 saturated heterocycles. The molecule has 0 aliphatic rings. The predicted octanol–water partition coefficient (Wildman–Crippen LogP) is 3.72. The number of nitrogens with zero attached hydrogens (tertiary/aromatic N) is 2. The second-order valence-corrected chi connectivity index (χ2v) is 5.28. The third kappa shape index (κ3) is 3.19. The molecule has 0 aromatic heterocycles. The molecule has 2 unspecified atom stereocenters. The largest absolute Gasteiger partial charge is 0.518 e. The van der Waals surface area contributed by atoms with E-state index in [9.17, 15) is 9.90 Å². The van der Waals surface area contributed by atoms with Gasteiger partial charge in [0.15, 0.2) is 0 Å². The molecule has 4 nitrogen and oxygen atoms in total. The van der Waals surface area contributed by atoms with E-state index in [-0.39, 0.29) is 4.48 Å². The van der Waals surface area contributed by atoms with E-state index in [1.165, 1.54) is 5.56 Å². The number of rotatable bonds is 6. The van der Waals surface area contributed by atoms with Gasteiger partial charge < -0.3 is 5.11 Å². The van der Waals surface area contributed by atoms with Gasteiger partial charge in [0, 0.05) is 12.1 Å². The number of quaternary nitrogens is 1. The van der Waals surface area contributed by atoms with Crippen LogP contribution in [0, 0.1) is 0 Å². The molecule has 20 heavy (non-hydrogen) atoms. The van der Waals surface area contributed by atoms with Gasteiger partial charge in [0.25, 0.3) is 0 Å². The smallest absolute Gasteiger partial charge is 0.435 e. The molecular weight excluding hydrogens is 252 g/mol. The first-order valence-electron chi connectivity index (χ1n) is 7.34. The molecule has 0 aliphatic carbocycles. The Morgan fingerprint density at radius 3 is 2.35 bits per heavy atom. The van der Waals surface area contributed by atoms with E-state index in [4.69, 9.17) is 0 Å². The maximum atomic E-state index is 11.5. The van der Waals surface area contributed by atoms with Crippen LogP contribution in [0.15, 0.2) is 24.3 Å². The lowest BCUT2D eigenvalue weighted by molar-refractivity contribution is 0.158. The first-order valence-corrected chi connectivity index (χ1v) is 7.34. The summed E-state index contributed by atoms with van der Waals surface area (Å²) in [5.74, 6) is 0. The van der Waals surface area contributed by atoms with E-state index in [0.29, 0.717) is 12.6 Å². The van der Waals surface area contributed by atoms with Crippen LogP contribution in [-0.2, 0) is 0 Å². The van der Waals surface area contributed by atoms with Crippen LogP contribution in [0.3, 0.4) is 0 Å². The highest BCUT2D eigenvalue weighted by atomic mass is 16.4. The molecule has 0 fully saturated rings. The Morgan fingerprint density at radius 2 is 1.90 bits per heavy atom. The van der Waals surface area contributed by atoms with Gasteiger partial charge in [0.05, 0.1) is 13.6 Å². The van der Waals surface area contributed by atoms with Crippen LogP contribution in [0.4, 0.5) is 10.5 Å². The molecule has 1 amide bonds. The molecule has 0 aliphatic heterocycles. The summed E-state index contributed by atoms with van der Waals surface area (Å²) in [6, 6.07) is 8.26. The number of carbonyl (C=O) groups is 1. The van der Waals surface area contributed by atoms with Gasteiger partial charge in [0.2, 0.25) is 0 Å². The maximum Gasteiger partial charge on any atom is 0.518 e. The van der Waals surface area contributed by atoms with Crippen molar-refractivity contribution >= 4 is 11.8 Å². The fourth-order valence-electron chi connectivity index (χ4n) is 2.50. The molecule has 112 valence electrons. The Morgan fingerprint density at radius 1 is 1.30 bits per heavy atom. The number of hydrogen-bond donors (Lipinski definition) is 1. The predicted molar refractivity (Wildman–Crippen MR) is 84.1 cm³/mol. The van der Waals surface area contributed by atoms with Crippen LogP contribution in [0.25, 0.3) is 0 Å². The van der Waals surface area contributed by atoms with Crippen molar-refractivity contribution in [1.82, 2.24) is 9.38 Å². The van der Waals surface area contributed by atoms with Crippen LogP contribution < -0.4 is 4.48 Å². The maximum absolute atomic E-state index is 11.5.